The topological polar surface area (TPSA) is 37.5 Å². The Morgan fingerprint density at radius 3 is 2.68 bits per heavy atom. The van der Waals surface area contributed by atoms with E-state index in [0.29, 0.717) is 6.61 Å². The van der Waals surface area contributed by atoms with E-state index < -0.39 is 0 Å². The minimum Gasteiger partial charge on any atom is -0.491 e. The molecule has 3 nitrogen and oxygen atoms in total. The first kappa shape index (κ1) is 10.8. The van der Waals surface area contributed by atoms with Crippen LogP contribution in [0.15, 0.2) is 36.4 Å². The summed E-state index contributed by atoms with van der Waals surface area (Å²) in [5.41, 5.74) is 1.91. The predicted octanol–water partition coefficient (Wildman–Crippen LogP) is 3.24. The zero-order chi connectivity index (χ0) is 12.8. The highest BCUT2D eigenvalue weighted by Gasteiger charge is 2.23. The van der Waals surface area contributed by atoms with Crippen LogP contribution in [0.2, 0.25) is 0 Å². The van der Waals surface area contributed by atoms with Crippen LogP contribution in [0.1, 0.15) is 0 Å². The van der Waals surface area contributed by atoms with Crippen LogP contribution in [-0.4, -0.2) is 24.3 Å². The molecule has 1 unspecified atom stereocenters. The average Bonchev–Trinajstić information content (AvgIpc) is 3.18. The number of halogens is 1. The highest BCUT2D eigenvalue weighted by atomic mass is 19.1. The highest BCUT2D eigenvalue weighted by Crippen LogP contribution is 2.29. The van der Waals surface area contributed by atoms with Crippen molar-refractivity contribution in [3.63, 3.8) is 0 Å². The summed E-state index contributed by atoms with van der Waals surface area (Å²) in [6.45, 7) is 1.35. The molecule has 2 heterocycles. The van der Waals surface area contributed by atoms with Crippen LogP contribution in [0.5, 0.6) is 5.75 Å². The molecule has 0 saturated carbocycles. The molecule has 3 aromatic rings. The van der Waals surface area contributed by atoms with Gasteiger partial charge in [-0.05, 0) is 36.4 Å². The number of nitrogens with one attached hydrogen (secondary N) is 1. The van der Waals surface area contributed by atoms with Gasteiger partial charge in [-0.25, -0.2) is 4.39 Å². The molecule has 4 rings (SSSR count). The number of hydrogen-bond acceptors (Lipinski definition) is 2. The van der Waals surface area contributed by atoms with Crippen molar-refractivity contribution in [2.75, 3.05) is 13.2 Å². The lowest BCUT2D eigenvalue weighted by Crippen LogP contribution is -2.03. The summed E-state index contributed by atoms with van der Waals surface area (Å²) in [7, 11) is 0. The predicted molar refractivity (Wildman–Crippen MR) is 71.0 cm³/mol. The van der Waals surface area contributed by atoms with E-state index in [0.717, 1.165) is 34.2 Å². The van der Waals surface area contributed by atoms with Crippen LogP contribution < -0.4 is 4.74 Å². The SMILES string of the molecule is Fc1ccc2[nH]c3ccc(OCC4CO4)cc3c2c1. The number of hydrogen-bond donors (Lipinski definition) is 1. The number of benzene rings is 2. The molecule has 1 N–H and O–H groups in total. The molecule has 1 fully saturated rings. The molecule has 4 heteroatoms. The fourth-order valence-electron chi connectivity index (χ4n) is 2.29. The van der Waals surface area contributed by atoms with Gasteiger partial charge in [0.2, 0.25) is 0 Å². The van der Waals surface area contributed by atoms with E-state index in [4.69, 9.17) is 9.47 Å². The second kappa shape index (κ2) is 3.96. The number of epoxide rings is 1. The van der Waals surface area contributed by atoms with E-state index in [1.165, 1.54) is 6.07 Å². The molecule has 1 atom stereocenters. The van der Waals surface area contributed by atoms with Crippen molar-refractivity contribution in [3.05, 3.63) is 42.2 Å². The third kappa shape index (κ3) is 1.94. The Bertz CT molecular complexity index is 761. The fraction of sp³-hybridized carbons (Fsp3) is 0.200. The Kier molecular flexibility index (Phi) is 2.26. The van der Waals surface area contributed by atoms with E-state index in [1.54, 1.807) is 12.1 Å². The Morgan fingerprint density at radius 1 is 1.16 bits per heavy atom. The van der Waals surface area contributed by atoms with Crippen molar-refractivity contribution < 1.29 is 13.9 Å². The van der Waals surface area contributed by atoms with Crippen molar-refractivity contribution in [3.8, 4) is 5.75 Å². The smallest absolute Gasteiger partial charge is 0.123 e. The molecular weight excluding hydrogens is 245 g/mol. The molecule has 1 aliphatic heterocycles. The summed E-state index contributed by atoms with van der Waals surface area (Å²) < 4.78 is 24.1. The van der Waals surface area contributed by atoms with E-state index in [9.17, 15) is 4.39 Å². The quantitative estimate of drug-likeness (QED) is 0.731. The number of H-pyrrole nitrogens is 1. The summed E-state index contributed by atoms with van der Waals surface area (Å²) in [5, 5.41) is 1.85. The molecule has 0 amide bonds. The number of fused-ring (bicyclic) bond motifs is 3. The van der Waals surface area contributed by atoms with Gasteiger partial charge in [0.05, 0.1) is 6.61 Å². The van der Waals surface area contributed by atoms with E-state index in [2.05, 4.69) is 4.98 Å². The van der Waals surface area contributed by atoms with Crippen LogP contribution in [0.3, 0.4) is 0 Å². The molecule has 2 aromatic carbocycles. The van der Waals surface area contributed by atoms with Crippen molar-refractivity contribution in [2.24, 2.45) is 0 Å². The molecule has 1 saturated heterocycles. The van der Waals surface area contributed by atoms with Gasteiger partial charge < -0.3 is 14.5 Å². The van der Waals surface area contributed by atoms with Gasteiger partial charge in [-0.1, -0.05) is 0 Å². The Labute approximate surface area is 108 Å². The summed E-state index contributed by atoms with van der Waals surface area (Å²) in [6, 6.07) is 10.6. The number of rotatable bonds is 3. The normalized spacial score (nSPS) is 18.1. The van der Waals surface area contributed by atoms with Gasteiger partial charge >= 0.3 is 0 Å². The standard InChI is InChI=1S/C15H12FNO2/c16-9-1-3-14-12(5-9)13-6-10(2-4-15(13)17-14)18-7-11-8-19-11/h1-6,11,17H,7-8H2. The van der Waals surface area contributed by atoms with Crippen molar-refractivity contribution in [1.82, 2.24) is 4.98 Å². The number of aromatic nitrogens is 1. The molecular formula is C15H12FNO2. The molecule has 96 valence electrons. The van der Waals surface area contributed by atoms with Crippen molar-refractivity contribution in [1.29, 1.82) is 0 Å². The first-order valence-electron chi connectivity index (χ1n) is 6.25. The van der Waals surface area contributed by atoms with Gasteiger partial charge in [0, 0.05) is 21.8 Å². The highest BCUT2D eigenvalue weighted by molar-refractivity contribution is 6.07. The summed E-state index contributed by atoms with van der Waals surface area (Å²) in [4.78, 5) is 3.26. The molecule has 0 aliphatic carbocycles. The van der Waals surface area contributed by atoms with Gasteiger partial charge in [-0.15, -0.1) is 0 Å². The van der Waals surface area contributed by atoms with Crippen LogP contribution in [0.25, 0.3) is 21.8 Å². The van der Waals surface area contributed by atoms with Crippen molar-refractivity contribution >= 4 is 21.8 Å². The molecule has 0 bridgehead atoms. The Balaban J connectivity index is 1.80. The average molecular weight is 257 g/mol. The molecule has 0 spiro atoms. The third-order valence-electron chi connectivity index (χ3n) is 3.37. The Hall–Kier alpha value is -2.07. The zero-order valence-corrected chi connectivity index (χ0v) is 10.2. The summed E-state index contributed by atoms with van der Waals surface area (Å²) in [6.07, 6.45) is 0.233. The largest absolute Gasteiger partial charge is 0.491 e. The van der Waals surface area contributed by atoms with Gasteiger partial charge in [-0.3, -0.25) is 0 Å². The third-order valence-corrected chi connectivity index (χ3v) is 3.37. The lowest BCUT2D eigenvalue weighted by molar-refractivity contribution is 0.263. The lowest BCUT2D eigenvalue weighted by Gasteiger charge is -2.03. The minimum absolute atomic E-state index is 0.230. The van der Waals surface area contributed by atoms with E-state index in [-0.39, 0.29) is 11.9 Å². The summed E-state index contributed by atoms with van der Waals surface area (Å²) in [5.74, 6) is 0.555. The maximum atomic E-state index is 13.3. The molecule has 1 aromatic heterocycles. The van der Waals surface area contributed by atoms with Crippen LogP contribution >= 0.6 is 0 Å². The van der Waals surface area contributed by atoms with Gasteiger partial charge in [-0.2, -0.15) is 0 Å². The van der Waals surface area contributed by atoms with Crippen LogP contribution in [-0.2, 0) is 4.74 Å². The van der Waals surface area contributed by atoms with Crippen LogP contribution in [0, 0.1) is 5.82 Å². The van der Waals surface area contributed by atoms with E-state index >= 15 is 0 Å². The van der Waals surface area contributed by atoms with Crippen LogP contribution in [0.4, 0.5) is 4.39 Å². The molecule has 19 heavy (non-hydrogen) atoms. The second-order valence-corrected chi connectivity index (χ2v) is 4.79. The van der Waals surface area contributed by atoms with Gasteiger partial charge in [0.15, 0.2) is 0 Å². The fourth-order valence-corrected chi connectivity index (χ4v) is 2.29. The minimum atomic E-state index is -0.230. The first-order valence-corrected chi connectivity index (χ1v) is 6.25. The van der Waals surface area contributed by atoms with Gasteiger partial charge in [0.25, 0.3) is 0 Å². The maximum Gasteiger partial charge on any atom is 0.123 e. The zero-order valence-electron chi connectivity index (χ0n) is 10.2. The first-order chi connectivity index (χ1) is 9.29. The van der Waals surface area contributed by atoms with E-state index in [1.807, 2.05) is 18.2 Å². The molecule has 1 aliphatic rings. The summed E-state index contributed by atoms with van der Waals surface area (Å²) >= 11 is 0. The monoisotopic (exact) mass is 257 g/mol. The Morgan fingerprint density at radius 2 is 1.89 bits per heavy atom. The number of aromatic amines is 1. The number of ether oxygens (including phenoxy) is 2. The maximum absolute atomic E-state index is 13.3. The second-order valence-electron chi connectivity index (χ2n) is 4.79. The van der Waals surface area contributed by atoms with Gasteiger partial charge in [0.1, 0.15) is 24.3 Å². The molecule has 0 radical (unpaired) electrons. The lowest BCUT2D eigenvalue weighted by atomic mass is 10.1. The van der Waals surface area contributed by atoms with Crippen molar-refractivity contribution in [2.45, 2.75) is 6.10 Å².